The number of carbonyl (C=O) groups is 1. The van der Waals surface area contributed by atoms with Gasteiger partial charge in [-0.25, -0.2) is 0 Å². The van der Waals surface area contributed by atoms with Crippen LogP contribution in [0.3, 0.4) is 0 Å². The summed E-state index contributed by atoms with van der Waals surface area (Å²) in [4.78, 5) is 12.9. The van der Waals surface area contributed by atoms with Gasteiger partial charge in [-0.3, -0.25) is 4.79 Å². The highest BCUT2D eigenvalue weighted by molar-refractivity contribution is 5.76. The summed E-state index contributed by atoms with van der Waals surface area (Å²) >= 11 is 0. The first-order valence-corrected chi connectivity index (χ1v) is 14.4. The van der Waals surface area contributed by atoms with Crippen LogP contribution in [0.15, 0.2) is 0 Å². The van der Waals surface area contributed by atoms with E-state index in [1.165, 1.54) is 0 Å². The van der Waals surface area contributed by atoms with Gasteiger partial charge in [-0.2, -0.15) is 0 Å². The summed E-state index contributed by atoms with van der Waals surface area (Å²) in [7, 11) is 0. The van der Waals surface area contributed by atoms with E-state index in [0.29, 0.717) is 31.1 Å². The smallest absolute Gasteiger partial charge is 0.310 e. The first kappa shape index (κ1) is 24.7. The second-order valence-corrected chi connectivity index (χ2v) is 15.6. The van der Waals surface area contributed by atoms with E-state index in [4.69, 9.17) is 0 Å². The number of rotatable bonds is 1. The van der Waals surface area contributed by atoms with Crippen molar-refractivity contribution in [2.45, 2.75) is 124 Å². The molecule has 0 aromatic heterocycles. The fourth-order valence-corrected chi connectivity index (χ4v) is 12.9. The van der Waals surface area contributed by atoms with Crippen LogP contribution in [0.5, 0.6) is 0 Å². The molecule has 12 atom stereocenters. The van der Waals surface area contributed by atoms with E-state index in [-0.39, 0.29) is 38.9 Å². The lowest BCUT2D eigenvalue weighted by atomic mass is 9.34. The van der Waals surface area contributed by atoms with E-state index in [1.54, 1.807) is 0 Å². The third kappa shape index (κ3) is 2.46. The van der Waals surface area contributed by atoms with Gasteiger partial charge >= 0.3 is 5.97 Å². The third-order valence-electron chi connectivity index (χ3n) is 14.5. The van der Waals surface area contributed by atoms with Gasteiger partial charge in [-0.15, -0.1) is 0 Å². The molecule has 0 aromatic carbocycles. The maximum Gasteiger partial charge on any atom is 0.310 e. The van der Waals surface area contributed by atoms with Crippen LogP contribution >= 0.6 is 0 Å². The summed E-state index contributed by atoms with van der Waals surface area (Å²) in [6.45, 7) is 13.3. The Morgan fingerprint density at radius 2 is 1.51 bits per heavy atom. The van der Waals surface area contributed by atoms with Crippen LogP contribution in [-0.2, 0) is 4.79 Å². The normalized spacial score (nSPS) is 62.4. The van der Waals surface area contributed by atoms with Gasteiger partial charge in [-0.05, 0) is 116 Å². The van der Waals surface area contributed by atoms with Crippen molar-refractivity contribution in [1.82, 2.24) is 0 Å². The molecule has 0 radical (unpaired) electrons. The molecule has 0 aliphatic heterocycles. The molecule has 0 heterocycles. The number of aliphatic hydroxyl groups is 3. The average molecular weight is 489 g/mol. The van der Waals surface area contributed by atoms with Gasteiger partial charge < -0.3 is 20.4 Å². The molecule has 6 fully saturated rings. The number of carboxylic acids is 1. The first-order chi connectivity index (χ1) is 16.1. The van der Waals surface area contributed by atoms with Crippen molar-refractivity contribution in [2.75, 3.05) is 0 Å². The van der Waals surface area contributed by atoms with E-state index in [1.807, 2.05) is 6.92 Å². The minimum Gasteiger partial charge on any atom is -0.481 e. The summed E-state index contributed by atoms with van der Waals surface area (Å²) in [6, 6.07) is 0. The molecule has 12 unspecified atom stereocenters. The highest BCUT2D eigenvalue weighted by Gasteiger charge is 2.87. The quantitative estimate of drug-likeness (QED) is 0.416. The van der Waals surface area contributed by atoms with Crippen molar-refractivity contribution in [1.29, 1.82) is 0 Å². The largest absolute Gasteiger partial charge is 0.481 e. The summed E-state index contributed by atoms with van der Waals surface area (Å²) in [5.41, 5.74) is -2.04. The predicted molar refractivity (Wildman–Crippen MR) is 133 cm³/mol. The zero-order valence-corrected chi connectivity index (χ0v) is 22.7. The molecule has 4 N–H and O–H groups in total. The van der Waals surface area contributed by atoms with Crippen LogP contribution in [0.4, 0.5) is 0 Å². The standard InChI is InChI=1S/C30H48O5/c1-17-7-11-28(23(33)34)13-14-30-16-29(30,22(28)27(17,6)35)12-9-20-25(4)15-18(31)21(32)24(2,3)19(25)8-10-26(20,30)5/h17-22,31-32,35H,7-16H2,1-6H3,(H,33,34). The van der Waals surface area contributed by atoms with Crippen LogP contribution in [0.1, 0.15) is 106 Å². The molecule has 0 aromatic rings. The third-order valence-corrected chi connectivity index (χ3v) is 14.5. The van der Waals surface area contributed by atoms with E-state index in [9.17, 15) is 25.2 Å². The van der Waals surface area contributed by atoms with E-state index in [2.05, 4.69) is 34.6 Å². The molecule has 5 nitrogen and oxygen atoms in total. The molecule has 35 heavy (non-hydrogen) atoms. The SMILES string of the molecule is CC1CCC2(C(=O)O)CCC34CC3(CCC3C5(C)CC(O)C(O)C(C)(C)C5CCC34C)C2C1(C)O. The molecule has 6 aliphatic carbocycles. The topological polar surface area (TPSA) is 98.0 Å². The van der Waals surface area contributed by atoms with Crippen molar-refractivity contribution in [3.05, 3.63) is 0 Å². The Kier molecular flexibility index (Phi) is 4.70. The van der Waals surface area contributed by atoms with Crippen molar-refractivity contribution in [2.24, 2.45) is 56.2 Å². The summed E-state index contributed by atoms with van der Waals surface area (Å²) < 4.78 is 0. The minimum atomic E-state index is -0.962. The number of carboxylic acid groups (broad SMARTS) is 1. The molecular formula is C30H48O5. The van der Waals surface area contributed by atoms with Crippen LogP contribution < -0.4 is 0 Å². The Morgan fingerprint density at radius 1 is 0.857 bits per heavy atom. The van der Waals surface area contributed by atoms with Crippen LogP contribution in [-0.4, -0.2) is 44.2 Å². The van der Waals surface area contributed by atoms with Gasteiger partial charge in [0.2, 0.25) is 0 Å². The fraction of sp³-hybridized carbons (Fsp3) is 0.967. The Labute approximate surface area is 211 Å². The second-order valence-electron chi connectivity index (χ2n) is 15.6. The van der Waals surface area contributed by atoms with Crippen LogP contribution in [0, 0.1) is 56.2 Å². The zero-order chi connectivity index (χ0) is 25.6. The predicted octanol–water partition coefficient (Wildman–Crippen LogP) is 5.01. The Morgan fingerprint density at radius 3 is 2.17 bits per heavy atom. The molecule has 6 aliphatic rings. The lowest BCUT2D eigenvalue weighted by Crippen LogP contribution is -2.68. The van der Waals surface area contributed by atoms with E-state index < -0.39 is 29.2 Å². The van der Waals surface area contributed by atoms with Crippen molar-refractivity contribution in [3.8, 4) is 0 Å². The monoisotopic (exact) mass is 488 g/mol. The van der Waals surface area contributed by atoms with Gasteiger partial charge in [-0.1, -0.05) is 34.6 Å². The molecule has 0 saturated heterocycles. The van der Waals surface area contributed by atoms with E-state index in [0.717, 1.165) is 44.9 Å². The van der Waals surface area contributed by atoms with Crippen molar-refractivity contribution < 1.29 is 25.2 Å². The first-order valence-electron chi connectivity index (χ1n) is 14.4. The number of aliphatic hydroxyl groups excluding tert-OH is 2. The van der Waals surface area contributed by atoms with Gasteiger partial charge in [0, 0.05) is 5.92 Å². The maximum atomic E-state index is 12.9. The maximum absolute atomic E-state index is 12.9. The zero-order valence-electron chi connectivity index (χ0n) is 22.7. The van der Waals surface area contributed by atoms with E-state index >= 15 is 0 Å². The molecule has 6 rings (SSSR count). The van der Waals surface area contributed by atoms with Crippen molar-refractivity contribution >= 4 is 5.97 Å². The Balaban J connectivity index is 1.45. The molecule has 0 bridgehead atoms. The van der Waals surface area contributed by atoms with Crippen LogP contribution in [0.2, 0.25) is 0 Å². The fourth-order valence-electron chi connectivity index (χ4n) is 12.9. The highest BCUT2D eigenvalue weighted by Crippen LogP contribution is 2.91. The van der Waals surface area contributed by atoms with Crippen LogP contribution in [0.25, 0.3) is 0 Å². The highest BCUT2D eigenvalue weighted by atomic mass is 16.4. The molecule has 0 spiro atoms. The molecule has 6 saturated carbocycles. The Hall–Kier alpha value is -0.650. The van der Waals surface area contributed by atoms with Gasteiger partial charge in [0.05, 0.1) is 23.2 Å². The number of fused-ring (bicyclic) bond motifs is 4. The van der Waals surface area contributed by atoms with Gasteiger partial charge in [0.1, 0.15) is 0 Å². The molecule has 0 amide bonds. The molecule has 5 heteroatoms. The molecular weight excluding hydrogens is 440 g/mol. The number of hydrogen-bond donors (Lipinski definition) is 4. The Bertz CT molecular complexity index is 958. The van der Waals surface area contributed by atoms with Gasteiger partial charge in [0.25, 0.3) is 0 Å². The lowest BCUT2D eigenvalue weighted by Gasteiger charge is -2.70. The molecule has 198 valence electrons. The average Bonchev–Trinajstić information content (AvgIpc) is 3.45. The summed E-state index contributed by atoms with van der Waals surface area (Å²) in [6.07, 6.45) is 7.67. The lowest BCUT2D eigenvalue weighted by molar-refractivity contribution is -0.259. The second kappa shape index (κ2) is 6.67. The number of hydrogen-bond acceptors (Lipinski definition) is 4. The van der Waals surface area contributed by atoms with Crippen molar-refractivity contribution in [3.63, 3.8) is 0 Å². The summed E-state index contributed by atoms with van der Waals surface area (Å²) in [5.74, 6) is 0.0673. The van der Waals surface area contributed by atoms with Gasteiger partial charge in [0.15, 0.2) is 0 Å². The minimum absolute atomic E-state index is 0.0393. The summed E-state index contributed by atoms with van der Waals surface area (Å²) in [5, 5.41) is 44.5. The number of aliphatic carboxylic acids is 1.